The lowest BCUT2D eigenvalue weighted by Gasteiger charge is -2.17. The molecule has 0 aliphatic heterocycles. The van der Waals surface area contributed by atoms with Gasteiger partial charge in [-0.1, -0.05) is 17.7 Å². The van der Waals surface area contributed by atoms with Crippen molar-refractivity contribution in [2.75, 3.05) is 25.2 Å². The summed E-state index contributed by atoms with van der Waals surface area (Å²) < 4.78 is 36.6. The smallest absolute Gasteiger partial charge is 0.238 e. The molecule has 5 nitrogen and oxygen atoms in total. The molecule has 2 aromatic rings. The molecule has 1 amide bonds. The Morgan fingerprint density at radius 2 is 1.84 bits per heavy atom. The van der Waals surface area contributed by atoms with Gasteiger partial charge in [-0.2, -0.15) is 0 Å². The van der Waals surface area contributed by atoms with Gasteiger partial charge in [-0.15, -0.1) is 0 Å². The van der Waals surface area contributed by atoms with Gasteiger partial charge >= 0.3 is 0 Å². The number of rotatable bonds is 6. The van der Waals surface area contributed by atoms with Gasteiger partial charge in [0.05, 0.1) is 11.4 Å². The van der Waals surface area contributed by atoms with E-state index in [9.17, 15) is 17.6 Å². The Bertz CT molecular complexity index is 850. The van der Waals surface area contributed by atoms with E-state index < -0.39 is 15.7 Å². The average molecular weight is 385 g/mol. The van der Waals surface area contributed by atoms with E-state index in [0.717, 1.165) is 6.26 Å². The molecule has 2 rings (SSSR count). The van der Waals surface area contributed by atoms with Crippen LogP contribution < -0.4 is 5.32 Å². The molecule has 2 aromatic carbocycles. The van der Waals surface area contributed by atoms with E-state index in [-0.39, 0.29) is 23.9 Å². The summed E-state index contributed by atoms with van der Waals surface area (Å²) in [5.41, 5.74) is 0.812. The number of hydrogen-bond acceptors (Lipinski definition) is 4. The summed E-state index contributed by atoms with van der Waals surface area (Å²) in [6.07, 6.45) is 1.11. The van der Waals surface area contributed by atoms with Crippen LogP contribution in [0.25, 0.3) is 0 Å². The fraction of sp³-hybridized carbons (Fsp3) is 0.235. The number of carbonyl (C=O) groups is 1. The van der Waals surface area contributed by atoms with Crippen molar-refractivity contribution in [3.8, 4) is 0 Å². The van der Waals surface area contributed by atoms with Crippen LogP contribution in [0.3, 0.4) is 0 Å². The van der Waals surface area contributed by atoms with E-state index in [1.165, 1.54) is 36.4 Å². The van der Waals surface area contributed by atoms with Crippen LogP contribution in [0, 0.1) is 5.82 Å². The van der Waals surface area contributed by atoms with Crippen LogP contribution in [0.4, 0.5) is 10.1 Å². The highest BCUT2D eigenvalue weighted by atomic mass is 35.5. The molecule has 0 bridgehead atoms. The second-order valence-corrected chi connectivity index (χ2v) is 8.14. The summed E-state index contributed by atoms with van der Waals surface area (Å²) in [6, 6.07) is 10.3. The minimum Gasteiger partial charge on any atom is -0.325 e. The molecule has 134 valence electrons. The third-order valence-electron chi connectivity index (χ3n) is 3.47. The number of benzene rings is 2. The number of carbonyl (C=O) groups excluding carboxylic acids is 1. The van der Waals surface area contributed by atoms with Crippen LogP contribution in [0.2, 0.25) is 5.02 Å². The summed E-state index contributed by atoms with van der Waals surface area (Å²) in [5.74, 6) is -0.724. The van der Waals surface area contributed by atoms with Gasteiger partial charge in [-0.05, 0) is 43.4 Å². The maximum Gasteiger partial charge on any atom is 0.238 e. The minimum absolute atomic E-state index is 0.0263. The van der Waals surface area contributed by atoms with Crippen LogP contribution in [-0.4, -0.2) is 39.1 Å². The number of likely N-dealkylation sites (N-methyl/N-ethyl adjacent to an activating group) is 1. The molecule has 0 atom stereocenters. The number of nitrogens with one attached hydrogen (secondary N) is 1. The average Bonchev–Trinajstić information content (AvgIpc) is 2.50. The third-order valence-corrected chi connectivity index (χ3v) is 4.95. The van der Waals surface area contributed by atoms with Gasteiger partial charge in [0.2, 0.25) is 5.91 Å². The molecule has 8 heteroatoms. The van der Waals surface area contributed by atoms with Crippen molar-refractivity contribution >= 4 is 33.0 Å². The first-order valence-electron chi connectivity index (χ1n) is 7.38. The van der Waals surface area contributed by atoms with Gasteiger partial charge in [0, 0.05) is 29.1 Å². The molecule has 0 saturated heterocycles. The molecule has 0 spiro atoms. The largest absolute Gasteiger partial charge is 0.325 e. The molecule has 0 unspecified atom stereocenters. The Kier molecular flexibility index (Phi) is 6.16. The van der Waals surface area contributed by atoms with Crippen molar-refractivity contribution in [2.24, 2.45) is 0 Å². The monoisotopic (exact) mass is 384 g/mol. The number of nitrogens with zero attached hydrogens (tertiary/aromatic N) is 1. The van der Waals surface area contributed by atoms with Crippen molar-refractivity contribution in [3.63, 3.8) is 0 Å². The Balaban J connectivity index is 1.95. The van der Waals surface area contributed by atoms with E-state index in [4.69, 9.17) is 11.6 Å². The fourth-order valence-corrected chi connectivity index (χ4v) is 3.09. The van der Waals surface area contributed by atoms with Crippen LogP contribution in [0.1, 0.15) is 5.56 Å². The van der Waals surface area contributed by atoms with Crippen LogP contribution in [-0.2, 0) is 21.2 Å². The van der Waals surface area contributed by atoms with Crippen LogP contribution in [0.5, 0.6) is 0 Å². The van der Waals surface area contributed by atoms with Gasteiger partial charge in [0.1, 0.15) is 5.82 Å². The lowest BCUT2D eigenvalue weighted by atomic mass is 10.2. The van der Waals surface area contributed by atoms with Crippen molar-refractivity contribution in [1.82, 2.24) is 4.90 Å². The topological polar surface area (TPSA) is 66.5 Å². The number of amides is 1. The van der Waals surface area contributed by atoms with E-state index in [1.54, 1.807) is 18.0 Å². The molecule has 0 saturated carbocycles. The molecule has 0 aliphatic carbocycles. The highest BCUT2D eigenvalue weighted by Crippen LogP contribution is 2.20. The molecule has 25 heavy (non-hydrogen) atoms. The molecule has 0 heterocycles. The van der Waals surface area contributed by atoms with Crippen LogP contribution in [0.15, 0.2) is 47.4 Å². The summed E-state index contributed by atoms with van der Waals surface area (Å²) in [6.45, 7) is 0.213. The van der Waals surface area contributed by atoms with Gasteiger partial charge in [0.25, 0.3) is 0 Å². The third kappa shape index (κ3) is 5.52. The van der Waals surface area contributed by atoms with Gasteiger partial charge in [-0.25, -0.2) is 12.8 Å². The van der Waals surface area contributed by atoms with Gasteiger partial charge < -0.3 is 5.32 Å². The first-order valence-corrected chi connectivity index (χ1v) is 9.65. The Labute approximate surface area is 151 Å². The van der Waals surface area contributed by atoms with Crippen molar-refractivity contribution in [2.45, 2.75) is 11.4 Å². The second-order valence-electron chi connectivity index (χ2n) is 5.72. The summed E-state index contributed by atoms with van der Waals surface area (Å²) in [4.78, 5) is 13.9. The first kappa shape index (κ1) is 19.4. The van der Waals surface area contributed by atoms with Crippen molar-refractivity contribution in [1.29, 1.82) is 0 Å². The molecule has 0 radical (unpaired) electrons. The molecular formula is C17H18ClFN2O3S. The van der Waals surface area contributed by atoms with Gasteiger partial charge in [0.15, 0.2) is 9.84 Å². The van der Waals surface area contributed by atoms with Crippen molar-refractivity contribution in [3.05, 3.63) is 58.9 Å². The number of sulfone groups is 1. The number of anilines is 1. The quantitative estimate of drug-likeness (QED) is 0.831. The number of halogens is 2. The van der Waals surface area contributed by atoms with Crippen LogP contribution >= 0.6 is 11.6 Å². The maximum atomic E-state index is 13.8. The van der Waals surface area contributed by atoms with E-state index in [1.807, 2.05) is 0 Å². The SMILES string of the molecule is CN(CC(=O)Nc1ccc(S(C)(=O)=O)cc1)Cc1c(F)cccc1Cl. The molecular weight excluding hydrogens is 367 g/mol. The Hall–Kier alpha value is -1.96. The summed E-state index contributed by atoms with van der Waals surface area (Å²) in [7, 11) is -1.60. The summed E-state index contributed by atoms with van der Waals surface area (Å²) in [5, 5.41) is 2.97. The highest BCUT2D eigenvalue weighted by Gasteiger charge is 2.13. The Morgan fingerprint density at radius 1 is 1.20 bits per heavy atom. The zero-order valence-electron chi connectivity index (χ0n) is 13.8. The first-order chi connectivity index (χ1) is 11.7. The lowest BCUT2D eigenvalue weighted by molar-refractivity contribution is -0.117. The van der Waals surface area contributed by atoms with Crippen molar-refractivity contribution < 1.29 is 17.6 Å². The molecule has 0 fully saturated rings. The summed E-state index contributed by atoms with van der Waals surface area (Å²) >= 11 is 5.98. The normalized spacial score (nSPS) is 11.6. The van der Waals surface area contributed by atoms with Gasteiger partial charge in [-0.3, -0.25) is 9.69 Å². The molecule has 0 aromatic heterocycles. The highest BCUT2D eigenvalue weighted by molar-refractivity contribution is 7.90. The minimum atomic E-state index is -3.28. The van der Waals surface area contributed by atoms with E-state index >= 15 is 0 Å². The lowest BCUT2D eigenvalue weighted by Crippen LogP contribution is -2.30. The maximum absolute atomic E-state index is 13.8. The standard InChI is InChI=1S/C17H18ClFN2O3S/c1-21(10-14-15(18)4-3-5-16(14)19)11-17(22)20-12-6-8-13(9-7-12)25(2,23)24/h3-9H,10-11H2,1-2H3,(H,20,22). The van der Waals surface area contributed by atoms with E-state index in [0.29, 0.717) is 16.3 Å². The molecule has 0 aliphatic rings. The second kappa shape index (κ2) is 7.95. The zero-order valence-corrected chi connectivity index (χ0v) is 15.4. The Morgan fingerprint density at radius 3 is 2.40 bits per heavy atom. The predicted octanol–water partition coefficient (Wildman–Crippen LogP) is 2.95. The zero-order chi connectivity index (χ0) is 18.6. The fourth-order valence-electron chi connectivity index (χ4n) is 2.24. The predicted molar refractivity (Wildman–Crippen MR) is 95.9 cm³/mol. The molecule has 1 N–H and O–H groups in total. The van der Waals surface area contributed by atoms with E-state index in [2.05, 4.69) is 5.32 Å². The number of hydrogen-bond donors (Lipinski definition) is 1.